The highest BCUT2D eigenvalue weighted by Gasteiger charge is 2.22. The summed E-state index contributed by atoms with van der Waals surface area (Å²) >= 11 is 0. The first kappa shape index (κ1) is 13.2. The molecule has 0 amide bonds. The first-order valence-corrected chi connectivity index (χ1v) is 7.62. The first-order valence-electron chi connectivity index (χ1n) is 7.62. The number of nitrogens with one attached hydrogen (secondary N) is 2. The number of anilines is 2. The molecule has 0 spiro atoms. The number of fused-ring (bicyclic) bond motifs is 1. The van der Waals surface area contributed by atoms with Crippen LogP contribution in [0, 0.1) is 5.92 Å². The lowest BCUT2D eigenvalue weighted by Crippen LogP contribution is -2.25. The Kier molecular flexibility index (Phi) is 3.76. The Hall–Kier alpha value is -1.78. The fourth-order valence-electron chi connectivity index (χ4n) is 3.09. The summed E-state index contributed by atoms with van der Waals surface area (Å²) in [6.45, 7) is 5.20. The molecule has 2 heterocycles. The zero-order valence-electron chi connectivity index (χ0n) is 12.3. The maximum Gasteiger partial charge on any atom is 0.180 e. The van der Waals surface area contributed by atoms with Crippen LogP contribution in [0.15, 0.2) is 18.6 Å². The van der Waals surface area contributed by atoms with Crippen LogP contribution in [0.1, 0.15) is 39.5 Å². The summed E-state index contributed by atoms with van der Waals surface area (Å²) < 4.78 is 2.02. The molecular weight excluding hydrogens is 250 g/mol. The highest BCUT2D eigenvalue weighted by Crippen LogP contribution is 2.29. The van der Waals surface area contributed by atoms with Crippen LogP contribution in [0.3, 0.4) is 0 Å². The predicted octanol–water partition coefficient (Wildman–Crippen LogP) is 3.15. The molecule has 0 bridgehead atoms. The van der Waals surface area contributed by atoms with E-state index in [1.807, 2.05) is 23.0 Å². The summed E-state index contributed by atoms with van der Waals surface area (Å²) in [7, 11) is 0. The van der Waals surface area contributed by atoms with Crippen molar-refractivity contribution in [3.8, 4) is 0 Å². The number of aromatic nitrogens is 3. The highest BCUT2D eigenvalue weighted by molar-refractivity contribution is 5.65. The molecule has 0 aliphatic heterocycles. The van der Waals surface area contributed by atoms with Gasteiger partial charge < -0.3 is 15.0 Å². The fraction of sp³-hybridized carbons (Fsp3) is 0.600. The van der Waals surface area contributed by atoms with Gasteiger partial charge in [0.25, 0.3) is 0 Å². The van der Waals surface area contributed by atoms with Crippen molar-refractivity contribution in [3.63, 3.8) is 0 Å². The van der Waals surface area contributed by atoms with E-state index in [0.717, 1.165) is 29.7 Å². The van der Waals surface area contributed by atoms with E-state index in [1.54, 1.807) is 0 Å². The van der Waals surface area contributed by atoms with Crippen molar-refractivity contribution >= 4 is 17.3 Å². The minimum absolute atomic E-state index is 0.447. The molecule has 0 aromatic carbocycles. The second-order valence-corrected chi connectivity index (χ2v) is 5.64. The molecule has 1 unspecified atom stereocenters. The molecule has 20 heavy (non-hydrogen) atoms. The Bertz CT molecular complexity index is 571. The molecule has 5 heteroatoms. The Morgan fingerprint density at radius 1 is 1.40 bits per heavy atom. The summed E-state index contributed by atoms with van der Waals surface area (Å²) in [4.78, 5) is 9.08. The van der Waals surface area contributed by atoms with Crippen molar-refractivity contribution in [2.75, 3.05) is 17.2 Å². The summed E-state index contributed by atoms with van der Waals surface area (Å²) in [6.07, 6.45) is 11.1. The second kappa shape index (κ2) is 5.69. The molecule has 1 fully saturated rings. The molecule has 1 atom stereocenters. The Labute approximate surface area is 119 Å². The van der Waals surface area contributed by atoms with Gasteiger partial charge in [-0.3, -0.25) is 0 Å². The predicted molar refractivity (Wildman–Crippen MR) is 82.2 cm³/mol. The lowest BCUT2D eigenvalue weighted by atomic mass is 10.00. The van der Waals surface area contributed by atoms with Crippen LogP contribution in [-0.2, 0) is 0 Å². The Balaban J connectivity index is 1.86. The number of hydrogen-bond acceptors (Lipinski definition) is 4. The number of rotatable bonds is 5. The van der Waals surface area contributed by atoms with Gasteiger partial charge in [0.15, 0.2) is 11.5 Å². The third-order valence-corrected chi connectivity index (χ3v) is 4.20. The van der Waals surface area contributed by atoms with E-state index in [4.69, 9.17) is 0 Å². The topological polar surface area (TPSA) is 54.2 Å². The quantitative estimate of drug-likeness (QED) is 0.878. The van der Waals surface area contributed by atoms with Crippen LogP contribution in [0.5, 0.6) is 0 Å². The monoisotopic (exact) mass is 273 g/mol. The Morgan fingerprint density at radius 2 is 2.20 bits per heavy atom. The lowest BCUT2D eigenvalue weighted by Gasteiger charge is -2.21. The van der Waals surface area contributed by atoms with Gasteiger partial charge in [-0.15, -0.1) is 0 Å². The number of imidazole rings is 1. The fourth-order valence-corrected chi connectivity index (χ4v) is 3.09. The molecule has 1 saturated carbocycles. The molecule has 1 aliphatic carbocycles. The summed E-state index contributed by atoms with van der Waals surface area (Å²) in [6, 6.07) is 0.447. The van der Waals surface area contributed by atoms with E-state index >= 15 is 0 Å². The van der Waals surface area contributed by atoms with E-state index < -0.39 is 0 Å². The third-order valence-electron chi connectivity index (χ3n) is 4.20. The van der Waals surface area contributed by atoms with E-state index in [1.165, 1.54) is 25.7 Å². The molecular formula is C15H23N5. The first-order chi connectivity index (χ1) is 9.78. The van der Waals surface area contributed by atoms with E-state index in [9.17, 15) is 0 Å². The zero-order chi connectivity index (χ0) is 13.9. The summed E-state index contributed by atoms with van der Waals surface area (Å²) in [5, 5.41) is 6.85. The molecule has 0 radical (unpaired) electrons. The van der Waals surface area contributed by atoms with Gasteiger partial charge in [-0.25, -0.2) is 9.97 Å². The zero-order valence-corrected chi connectivity index (χ0v) is 12.3. The van der Waals surface area contributed by atoms with Gasteiger partial charge in [0.05, 0.1) is 6.20 Å². The van der Waals surface area contributed by atoms with Crippen LogP contribution in [-0.4, -0.2) is 27.0 Å². The smallest absolute Gasteiger partial charge is 0.180 e. The normalized spacial score (nSPS) is 17.5. The van der Waals surface area contributed by atoms with Gasteiger partial charge in [-0.05, 0) is 32.6 Å². The standard InChI is InChI=1S/C15H23N5/c1-3-16-13-10-20-9-8-17-15(20)14(19-13)18-11(2)12-6-4-5-7-12/h8-12,16H,3-7H2,1-2H3,(H,18,19). The van der Waals surface area contributed by atoms with Crippen LogP contribution in [0.2, 0.25) is 0 Å². The molecule has 5 nitrogen and oxygen atoms in total. The van der Waals surface area contributed by atoms with Crippen molar-refractivity contribution in [1.82, 2.24) is 14.4 Å². The van der Waals surface area contributed by atoms with Gasteiger partial charge in [0, 0.05) is 25.0 Å². The van der Waals surface area contributed by atoms with Gasteiger partial charge in [0.1, 0.15) is 5.82 Å². The average molecular weight is 273 g/mol. The largest absolute Gasteiger partial charge is 0.369 e. The van der Waals surface area contributed by atoms with Crippen molar-refractivity contribution in [1.29, 1.82) is 0 Å². The Morgan fingerprint density at radius 3 is 2.95 bits per heavy atom. The second-order valence-electron chi connectivity index (χ2n) is 5.64. The maximum absolute atomic E-state index is 4.67. The van der Waals surface area contributed by atoms with Crippen molar-refractivity contribution < 1.29 is 0 Å². The van der Waals surface area contributed by atoms with E-state index in [0.29, 0.717) is 6.04 Å². The van der Waals surface area contributed by atoms with Gasteiger partial charge in [0.2, 0.25) is 0 Å². The van der Waals surface area contributed by atoms with Crippen molar-refractivity contribution in [3.05, 3.63) is 18.6 Å². The van der Waals surface area contributed by atoms with Crippen molar-refractivity contribution in [2.45, 2.75) is 45.6 Å². The molecule has 1 aliphatic rings. The minimum Gasteiger partial charge on any atom is -0.369 e. The highest BCUT2D eigenvalue weighted by atomic mass is 15.1. The van der Waals surface area contributed by atoms with Crippen LogP contribution < -0.4 is 10.6 Å². The summed E-state index contributed by atoms with van der Waals surface area (Å²) in [5.41, 5.74) is 0.900. The van der Waals surface area contributed by atoms with Crippen LogP contribution in [0.4, 0.5) is 11.6 Å². The van der Waals surface area contributed by atoms with Gasteiger partial charge in [-0.2, -0.15) is 0 Å². The van der Waals surface area contributed by atoms with E-state index in [2.05, 4.69) is 34.4 Å². The van der Waals surface area contributed by atoms with Gasteiger partial charge in [-0.1, -0.05) is 12.8 Å². The number of hydrogen-bond donors (Lipinski definition) is 2. The third kappa shape index (κ3) is 2.57. The molecule has 108 valence electrons. The number of nitrogens with zero attached hydrogens (tertiary/aromatic N) is 3. The lowest BCUT2D eigenvalue weighted by molar-refractivity contribution is 0.481. The molecule has 2 N–H and O–H groups in total. The average Bonchev–Trinajstić information content (AvgIpc) is 3.10. The summed E-state index contributed by atoms with van der Waals surface area (Å²) in [5.74, 6) is 2.53. The maximum atomic E-state index is 4.67. The molecule has 3 rings (SSSR count). The van der Waals surface area contributed by atoms with Gasteiger partial charge >= 0.3 is 0 Å². The van der Waals surface area contributed by atoms with E-state index in [-0.39, 0.29) is 0 Å². The van der Waals surface area contributed by atoms with Crippen LogP contribution >= 0.6 is 0 Å². The SMILES string of the molecule is CCNc1cn2ccnc2c(NC(C)C2CCCC2)n1. The van der Waals surface area contributed by atoms with Crippen LogP contribution in [0.25, 0.3) is 5.65 Å². The molecule has 0 saturated heterocycles. The molecule has 2 aromatic heterocycles. The van der Waals surface area contributed by atoms with Crippen molar-refractivity contribution in [2.24, 2.45) is 5.92 Å². The minimum atomic E-state index is 0.447. The molecule has 2 aromatic rings.